The standard InChI is InChI=1S/C15H12FN3/c16-11-5-3-9(4-6-11)12-7-14(10-1-2-10)19-15(18)13(12)8-17/h3-7,10H,1-2H2,(H2,18,19)/p+1. The molecule has 1 saturated carbocycles. The van der Waals surface area contributed by atoms with Crippen LogP contribution < -0.4 is 10.7 Å². The third-order valence-electron chi connectivity index (χ3n) is 3.40. The number of halogens is 1. The van der Waals surface area contributed by atoms with Crippen molar-refractivity contribution in [2.75, 3.05) is 5.73 Å². The van der Waals surface area contributed by atoms with E-state index in [2.05, 4.69) is 11.1 Å². The number of nitrogens with one attached hydrogen (secondary N) is 1. The lowest BCUT2D eigenvalue weighted by molar-refractivity contribution is -0.373. The molecular formula is C15H13FN3+. The molecule has 1 aromatic heterocycles. The quantitative estimate of drug-likeness (QED) is 0.895. The highest BCUT2D eigenvalue weighted by molar-refractivity contribution is 5.74. The number of nitrogens with two attached hydrogens (primary N) is 1. The number of nitriles is 1. The number of nitrogens with zero attached hydrogens (tertiary/aromatic N) is 1. The number of aromatic nitrogens is 1. The highest BCUT2D eigenvalue weighted by atomic mass is 19.1. The number of anilines is 1. The van der Waals surface area contributed by atoms with Crippen LogP contribution in [0.25, 0.3) is 11.1 Å². The topological polar surface area (TPSA) is 64.0 Å². The largest absolute Gasteiger partial charge is 0.289 e. The van der Waals surface area contributed by atoms with Crippen molar-refractivity contribution in [2.24, 2.45) is 0 Å². The molecule has 0 bridgehead atoms. The number of nitrogen functional groups attached to an aromatic ring is 1. The van der Waals surface area contributed by atoms with Crippen molar-refractivity contribution in [3.05, 3.63) is 47.4 Å². The molecule has 1 aromatic carbocycles. The molecule has 3 rings (SSSR count). The Labute approximate surface area is 110 Å². The van der Waals surface area contributed by atoms with Gasteiger partial charge >= 0.3 is 0 Å². The molecular weight excluding hydrogens is 241 g/mol. The van der Waals surface area contributed by atoms with E-state index in [1.54, 1.807) is 12.1 Å². The molecule has 4 heteroatoms. The molecule has 3 N–H and O–H groups in total. The minimum Gasteiger partial charge on any atom is -0.286 e. The summed E-state index contributed by atoms with van der Waals surface area (Å²) < 4.78 is 13.0. The number of hydrogen-bond acceptors (Lipinski definition) is 2. The number of pyridine rings is 1. The molecule has 94 valence electrons. The maximum atomic E-state index is 13.0. The molecule has 0 aliphatic heterocycles. The highest BCUT2D eigenvalue weighted by Gasteiger charge is 2.29. The molecule has 1 aliphatic rings. The number of H-pyrrole nitrogens is 1. The summed E-state index contributed by atoms with van der Waals surface area (Å²) in [7, 11) is 0. The Balaban J connectivity index is 2.17. The van der Waals surface area contributed by atoms with Crippen LogP contribution in [-0.2, 0) is 0 Å². The fourth-order valence-electron chi connectivity index (χ4n) is 2.22. The van der Waals surface area contributed by atoms with Crippen LogP contribution in [0.1, 0.15) is 30.0 Å². The first-order chi connectivity index (χ1) is 9.19. The molecule has 0 saturated heterocycles. The molecule has 2 aromatic rings. The Morgan fingerprint density at radius 1 is 1.26 bits per heavy atom. The monoisotopic (exact) mass is 254 g/mol. The SMILES string of the molecule is N#Cc1c(-c2ccc(F)cc2)cc(C2CC2)[nH+]c1N. The maximum absolute atomic E-state index is 13.0. The van der Waals surface area contributed by atoms with Gasteiger partial charge < -0.3 is 0 Å². The number of benzene rings is 1. The van der Waals surface area contributed by atoms with Crippen molar-refractivity contribution < 1.29 is 9.37 Å². The predicted molar refractivity (Wildman–Crippen MR) is 69.5 cm³/mol. The minimum atomic E-state index is -0.292. The summed E-state index contributed by atoms with van der Waals surface area (Å²) in [5.41, 5.74) is 8.95. The van der Waals surface area contributed by atoms with Gasteiger partial charge in [0.15, 0.2) is 0 Å². The van der Waals surface area contributed by atoms with Crippen LogP contribution in [0.2, 0.25) is 0 Å². The van der Waals surface area contributed by atoms with Crippen LogP contribution in [0.15, 0.2) is 30.3 Å². The zero-order valence-electron chi connectivity index (χ0n) is 10.3. The van der Waals surface area contributed by atoms with E-state index in [4.69, 9.17) is 5.73 Å². The van der Waals surface area contributed by atoms with E-state index in [0.29, 0.717) is 17.3 Å². The molecule has 19 heavy (non-hydrogen) atoms. The highest BCUT2D eigenvalue weighted by Crippen LogP contribution is 2.40. The number of hydrogen-bond donors (Lipinski definition) is 1. The lowest BCUT2D eigenvalue weighted by Gasteiger charge is -2.06. The van der Waals surface area contributed by atoms with Gasteiger partial charge in [-0.1, -0.05) is 12.1 Å². The normalized spacial score (nSPS) is 14.1. The molecule has 0 atom stereocenters. The van der Waals surface area contributed by atoms with Gasteiger partial charge in [0.2, 0.25) is 0 Å². The van der Waals surface area contributed by atoms with E-state index < -0.39 is 0 Å². The molecule has 0 amide bonds. The van der Waals surface area contributed by atoms with Gasteiger partial charge in [-0.15, -0.1) is 0 Å². The molecule has 3 nitrogen and oxygen atoms in total. The Kier molecular flexibility index (Phi) is 2.68. The van der Waals surface area contributed by atoms with Gasteiger partial charge in [-0.2, -0.15) is 5.26 Å². The molecule has 1 fully saturated rings. The second kappa shape index (κ2) is 4.36. The Morgan fingerprint density at radius 3 is 2.53 bits per heavy atom. The van der Waals surface area contributed by atoms with Gasteiger partial charge in [-0.3, -0.25) is 5.73 Å². The lowest BCUT2D eigenvalue weighted by atomic mass is 9.99. The average Bonchev–Trinajstić information content (AvgIpc) is 3.23. The van der Waals surface area contributed by atoms with E-state index >= 15 is 0 Å². The van der Waals surface area contributed by atoms with Gasteiger partial charge in [0.05, 0.1) is 0 Å². The number of aromatic amines is 1. The van der Waals surface area contributed by atoms with Crippen LogP contribution in [0, 0.1) is 17.1 Å². The van der Waals surface area contributed by atoms with Crippen LogP contribution in [-0.4, -0.2) is 0 Å². The summed E-state index contributed by atoms with van der Waals surface area (Å²) >= 11 is 0. The Morgan fingerprint density at radius 2 is 1.95 bits per heavy atom. The van der Waals surface area contributed by atoms with Crippen LogP contribution in [0.3, 0.4) is 0 Å². The van der Waals surface area contributed by atoms with Crippen molar-refractivity contribution in [3.8, 4) is 17.2 Å². The fourth-order valence-corrected chi connectivity index (χ4v) is 2.22. The summed E-state index contributed by atoms with van der Waals surface area (Å²) in [5, 5.41) is 9.24. The average molecular weight is 254 g/mol. The Hall–Kier alpha value is -2.41. The van der Waals surface area contributed by atoms with Gasteiger partial charge in [0.25, 0.3) is 5.82 Å². The van der Waals surface area contributed by atoms with Gasteiger partial charge in [-0.25, -0.2) is 9.37 Å². The molecule has 0 spiro atoms. The molecule has 1 heterocycles. The third-order valence-corrected chi connectivity index (χ3v) is 3.40. The molecule has 0 unspecified atom stereocenters. The van der Waals surface area contributed by atoms with E-state index in [0.717, 1.165) is 29.7 Å². The Bertz CT molecular complexity index is 667. The van der Waals surface area contributed by atoms with E-state index in [9.17, 15) is 9.65 Å². The first kappa shape index (κ1) is 11.7. The molecule has 0 radical (unpaired) electrons. The summed E-state index contributed by atoms with van der Waals surface area (Å²) in [6.07, 6.45) is 2.29. The van der Waals surface area contributed by atoms with Gasteiger partial charge in [0.1, 0.15) is 23.1 Å². The van der Waals surface area contributed by atoms with E-state index in [1.807, 2.05) is 6.07 Å². The smallest absolute Gasteiger partial charge is 0.286 e. The summed E-state index contributed by atoms with van der Waals surface area (Å²) in [5.74, 6) is 0.598. The molecule has 1 aliphatic carbocycles. The first-order valence-corrected chi connectivity index (χ1v) is 6.21. The fraction of sp³-hybridized carbons (Fsp3) is 0.200. The maximum Gasteiger partial charge on any atom is 0.289 e. The van der Waals surface area contributed by atoms with Crippen LogP contribution >= 0.6 is 0 Å². The van der Waals surface area contributed by atoms with Gasteiger partial charge in [-0.05, 0) is 36.6 Å². The summed E-state index contributed by atoms with van der Waals surface area (Å²) in [6, 6.07) is 10.2. The zero-order valence-corrected chi connectivity index (χ0v) is 10.3. The van der Waals surface area contributed by atoms with Crippen LogP contribution in [0.4, 0.5) is 10.2 Å². The van der Waals surface area contributed by atoms with Crippen molar-refractivity contribution in [1.82, 2.24) is 0 Å². The first-order valence-electron chi connectivity index (χ1n) is 6.21. The predicted octanol–water partition coefficient (Wildman–Crippen LogP) is 2.64. The van der Waals surface area contributed by atoms with Gasteiger partial charge in [0, 0.05) is 11.5 Å². The third kappa shape index (κ3) is 2.15. The summed E-state index contributed by atoms with van der Waals surface area (Å²) in [4.78, 5) is 3.09. The van der Waals surface area contributed by atoms with E-state index in [-0.39, 0.29) is 5.82 Å². The second-order valence-electron chi connectivity index (χ2n) is 4.82. The van der Waals surface area contributed by atoms with Crippen molar-refractivity contribution in [3.63, 3.8) is 0 Å². The van der Waals surface area contributed by atoms with Crippen molar-refractivity contribution in [2.45, 2.75) is 18.8 Å². The van der Waals surface area contributed by atoms with Crippen LogP contribution in [0.5, 0.6) is 0 Å². The number of rotatable bonds is 2. The van der Waals surface area contributed by atoms with E-state index in [1.165, 1.54) is 12.1 Å². The lowest BCUT2D eigenvalue weighted by Crippen LogP contribution is -2.18. The second-order valence-corrected chi connectivity index (χ2v) is 4.82. The zero-order chi connectivity index (χ0) is 13.4. The summed E-state index contributed by atoms with van der Waals surface area (Å²) in [6.45, 7) is 0. The van der Waals surface area contributed by atoms with Crippen molar-refractivity contribution in [1.29, 1.82) is 5.26 Å². The minimum absolute atomic E-state index is 0.292. The van der Waals surface area contributed by atoms with Crippen molar-refractivity contribution >= 4 is 5.82 Å².